The lowest BCUT2D eigenvalue weighted by molar-refractivity contribution is 0.417. The summed E-state index contributed by atoms with van der Waals surface area (Å²) in [5.74, 6) is 0.586. The van der Waals surface area contributed by atoms with Crippen LogP contribution in [0.2, 0.25) is 0 Å². The van der Waals surface area contributed by atoms with E-state index in [-0.39, 0.29) is 0 Å². The normalized spacial score (nSPS) is 8.80. The Balaban J connectivity index is 2.50. The molecule has 1 rings (SSSR count). The molecule has 0 unspecified atom stereocenters. The molecular formula is C8H8NO. The molecule has 0 aliphatic rings. The second-order valence-corrected chi connectivity index (χ2v) is 1.66. The zero-order chi connectivity index (χ0) is 7.23. The molecular weight excluding hydrogens is 127 g/mol. The van der Waals surface area contributed by atoms with Gasteiger partial charge in [-0.2, -0.15) is 0 Å². The van der Waals surface area contributed by atoms with Gasteiger partial charge in [0, 0.05) is 12.3 Å². The van der Waals surface area contributed by atoms with Crippen molar-refractivity contribution in [3.05, 3.63) is 43.7 Å². The number of nitrogens with zero attached hydrogens (tertiary/aromatic N) is 1. The zero-order valence-corrected chi connectivity index (χ0v) is 5.53. The van der Waals surface area contributed by atoms with Crippen LogP contribution in [0.4, 0.5) is 0 Å². The van der Waals surface area contributed by atoms with Crippen LogP contribution in [0.15, 0.2) is 37.1 Å². The average Bonchev–Trinajstić information content (AvgIpc) is 2.03. The van der Waals surface area contributed by atoms with Gasteiger partial charge in [-0.05, 0) is 12.1 Å². The maximum atomic E-state index is 5.00. The van der Waals surface area contributed by atoms with Gasteiger partial charge in [0.15, 0.2) is 6.61 Å². The van der Waals surface area contributed by atoms with Crippen LogP contribution in [0.1, 0.15) is 0 Å². The minimum atomic E-state index is 0.586. The smallest absolute Gasteiger partial charge is 0.213 e. The molecule has 51 valence electrons. The van der Waals surface area contributed by atoms with Gasteiger partial charge in [0.25, 0.3) is 0 Å². The lowest BCUT2D eigenvalue weighted by atomic mass is 10.6. The molecule has 2 nitrogen and oxygen atoms in total. The summed E-state index contributed by atoms with van der Waals surface area (Å²) in [6.07, 6.45) is 3.24. The largest absolute Gasteiger partial charge is 0.466 e. The van der Waals surface area contributed by atoms with Crippen molar-refractivity contribution in [3.63, 3.8) is 0 Å². The van der Waals surface area contributed by atoms with Crippen LogP contribution in [0.3, 0.4) is 0 Å². The first kappa shape index (κ1) is 6.81. The van der Waals surface area contributed by atoms with Gasteiger partial charge < -0.3 is 4.74 Å². The van der Waals surface area contributed by atoms with Crippen LogP contribution in [-0.2, 0) is 0 Å². The van der Waals surface area contributed by atoms with Crippen molar-refractivity contribution >= 4 is 0 Å². The van der Waals surface area contributed by atoms with Crippen LogP contribution in [0.5, 0.6) is 5.88 Å². The summed E-state index contributed by atoms with van der Waals surface area (Å²) in [7, 11) is 0. The lowest BCUT2D eigenvalue weighted by Crippen LogP contribution is -1.87. The maximum Gasteiger partial charge on any atom is 0.213 e. The van der Waals surface area contributed by atoms with Crippen LogP contribution in [-0.4, -0.2) is 4.98 Å². The molecule has 0 aliphatic carbocycles. The molecule has 1 radical (unpaired) electrons. The van der Waals surface area contributed by atoms with Gasteiger partial charge in [0.05, 0.1) is 0 Å². The molecule has 0 aromatic carbocycles. The molecule has 10 heavy (non-hydrogen) atoms. The molecule has 1 aromatic heterocycles. The Kier molecular flexibility index (Phi) is 2.49. The van der Waals surface area contributed by atoms with Crippen molar-refractivity contribution < 1.29 is 4.74 Å². The Bertz CT molecular complexity index is 196. The highest BCUT2D eigenvalue weighted by Gasteiger charge is 1.87. The number of pyridine rings is 1. The van der Waals surface area contributed by atoms with E-state index >= 15 is 0 Å². The fourth-order valence-electron chi connectivity index (χ4n) is 0.535. The van der Waals surface area contributed by atoms with E-state index in [1.807, 2.05) is 12.1 Å². The molecule has 1 heterocycles. The predicted octanol–water partition coefficient (Wildman–Crippen LogP) is 1.81. The average molecular weight is 135 g/mol. The van der Waals surface area contributed by atoms with E-state index in [9.17, 15) is 0 Å². The molecule has 0 fully saturated rings. The highest BCUT2D eigenvalue weighted by molar-refractivity contribution is 5.10. The van der Waals surface area contributed by atoms with Crippen LogP contribution >= 0.6 is 0 Å². The lowest BCUT2D eigenvalue weighted by Gasteiger charge is -1.97. The van der Waals surface area contributed by atoms with E-state index in [0.29, 0.717) is 5.88 Å². The summed E-state index contributed by atoms with van der Waals surface area (Å²) in [4.78, 5) is 3.92. The van der Waals surface area contributed by atoms with E-state index in [4.69, 9.17) is 4.74 Å². The van der Waals surface area contributed by atoms with Crippen molar-refractivity contribution in [1.82, 2.24) is 4.98 Å². The summed E-state index contributed by atoms with van der Waals surface area (Å²) in [6.45, 7) is 4.96. The summed E-state index contributed by atoms with van der Waals surface area (Å²) in [6, 6.07) is 5.47. The second-order valence-electron chi connectivity index (χ2n) is 1.66. The molecule has 1 aromatic rings. The number of aromatic nitrogens is 1. The molecule has 0 spiro atoms. The Labute approximate surface area is 60.2 Å². The SMILES string of the molecule is C=C[CH]O[13c]1ccccn1. The second kappa shape index (κ2) is 3.67. The minimum Gasteiger partial charge on any atom is -0.466 e. The van der Waals surface area contributed by atoms with Crippen molar-refractivity contribution in [2.75, 3.05) is 0 Å². The third-order valence-electron chi connectivity index (χ3n) is 0.923. The minimum absolute atomic E-state index is 0.586. The summed E-state index contributed by atoms with van der Waals surface area (Å²) >= 11 is 0. The van der Waals surface area contributed by atoms with Gasteiger partial charge in [0.1, 0.15) is 0 Å². The Morgan fingerprint density at radius 3 is 3.00 bits per heavy atom. The molecule has 0 saturated heterocycles. The van der Waals surface area contributed by atoms with E-state index in [1.54, 1.807) is 18.3 Å². The van der Waals surface area contributed by atoms with Crippen LogP contribution in [0, 0.1) is 6.61 Å². The highest BCUT2D eigenvalue weighted by atomic mass is 16.6. The number of hydrogen-bond acceptors (Lipinski definition) is 2. The summed E-state index contributed by atoms with van der Waals surface area (Å²) < 4.78 is 5.00. The van der Waals surface area contributed by atoms with Gasteiger partial charge in [-0.1, -0.05) is 12.6 Å². The third kappa shape index (κ3) is 1.90. The Morgan fingerprint density at radius 1 is 1.50 bits per heavy atom. The van der Waals surface area contributed by atoms with Gasteiger partial charge in [-0.25, -0.2) is 4.98 Å². The third-order valence-corrected chi connectivity index (χ3v) is 0.923. The maximum absolute atomic E-state index is 5.00. The molecule has 0 saturated carbocycles. The molecule has 0 N–H and O–H groups in total. The number of hydrogen-bond donors (Lipinski definition) is 0. The first-order valence-corrected chi connectivity index (χ1v) is 2.95. The van der Waals surface area contributed by atoms with E-state index in [2.05, 4.69) is 11.6 Å². The molecule has 2 heteroatoms. The van der Waals surface area contributed by atoms with E-state index < -0.39 is 0 Å². The first-order valence-electron chi connectivity index (χ1n) is 2.95. The summed E-state index contributed by atoms with van der Waals surface area (Å²) in [5, 5.41) is 0. The molecule has 0 amide bonds. The Hall–Kier alpha value is -1.31. The highest BCUT2D eigenvalue weighted by Crippen LogP contribution is 2.03. The quantitative estimate of drug-likeness (QED) is 0.630. The standard InChI is InChI=1S/C8H8NO/c1-2-7-10-8-5-3-4-6-9-8/h2-7H,1H2/i8+1. The van der Waals surface area contributed by atoms with E-state index in [1.165, 1.54) is 6.61 Å². The topological polar surface area (TPSA) is 22.1 Å². The fraction of sp³-hybridized carbons (Fsp3) is 0. The van der Waals surface area contributed by atoms with Crippen molar-refractivity contribution in [3.8, 4) is 5.88 Å². The van der Waals surface area contributed by atoms with Gasteiger partial charge in [-0.3, -0.25) is 0 Å². The van der Waals surface area contributed by atoms with Gasteiger partial charge in [-0.15, -0.1) is 0 Å². The monoisotopic (exact) mass is 135 g/mol. The Morgan fingerprint density at radius 2 is 2.40 bits per heavy atom. The summed E-state index contributed by atoms with van der Waals surface area (Å²) in [5.41, 5.74) is 0. The molecule has 0 aliphatic heterocycles. The van der Waals surface area contributed by atoms with Crippen molar-refractivity contribution in [2.24, 2.45) is 0 Å². The van der Waals surface area contributed by atoms with Gasteiger partial charge in [0.2, 0.25) is 5.88 Å². The molecule has 0 atom stereocenters. The molecule has 0 bridgehead atoms. The van der Waals surface area contributed by atoms with Crippen molar-refractivity contribution in [1.29, 1.82) is 0 Å². The van der Waals surface area contributed by atoms with Gasteiger partial charge >= 0.3 is 0 Å². The van der Waals surface area contributed by atoms with Crippen LogP contribution < -0.4 is 4.74 Å². The van der Waals surface area contributed by atoms with Crippen LogP contribution in [0.25, 0.3) is 0 Å². The first-order chi connectivity index (χ1) is 4.93. The van der Waals surface area contributed by atoms with Crippen molar-refractivity contribution in [2.45, 2.75) is 0 Å². The predicted molar refractivity (Wildman–Crippen MR) is 39.4 cm³/mol. The van der Waals surface area contributed by atoms with E-state index in [0.717, 1.165) is 0 Å². The fourth-order valence-corrected chi connectivity index (χ4v) is 0.535. The number of rotatable bonds is 3. The zero-order valence-electron chi connectivity index (χ0n) is 5.53. The number of ether oxygens (including phenoxy) is 1.